The Hall–Kier alpha value is -3.68. The molecule has 0 aliphatic heterocycles. The molecule has 0 unspecified atom stereocenters. The fourth-order valence-electron chi connectivity index (χ4n) is 3.13. The van der Waals surface area contributed by atoms with Crippen LogP contribution in [0.15, 0.2) is 57.7 Å². The molecule has 3 aromatic rings. The molecule has 0 saturated carbocycles. The van der Waals surface area contributed by atoms with Gasteiger partial charge in [-0.15, -0.1) is 0 Å². The predicted octanol–water partition coefficient (Wildman–Crippen LogP) is 4.10. The summed E-state index contributed by atoms with van der Waals surface area (Å²) in [6, 6.07) is 10.6. The number of hydrogen-bond donors (Lipinski definition) is 2. The Morgan fingerprint density at radius 1 is 1.17 bits per heavy atom. The van der Waals surface area contributed by atoms with Gasteiger partial charge >= 0.3 is 5.63 Å². The molecule has 0 saturated heterocycles. The standard InChI is InChI=1S/C22H19F2NO5/c1-12-9-19(26)21(22(28)30-12)16(13-3-6-15(29-2)7-4-13)11-20(27)25-18-8-5-14(23)10-17(18)24/h3-10,16,26H,11H2,1-2H3,(H,25,27)/t16-/m0/s1. The summed E-state index contributed by atoms with van der Waals surface area (Å²) in [6.07, 6.45) is -0.301. The number of carbonyl (C=O) groups excluding carboxylic acids is 1. The van der Waals surface area contributed by atoms with Crippen molar-refractivity contribution in [3.63, 3.8) is 0 Å². The van der Waals surface area contributed by atoms with Gasteiger partial charge in [0.15, 0.2) is 0 Å². The highest BCUT2D eigenvalue weighted by Gasteiger charge is 2.26. The van der Waals surface area contributed by atoms with Crippen LogP contribution in [0.3, 0.4) is 0 Å². The molecule has 0 aliphatic carbocycles. The number of methoxy groups -OCH3 is 1. The topological polar surface area (TPSA) is 88.8 Å². The number of aromatic hydroxyl groups is 1. The number of halogens is 2. The summed E-state index contributed by atoms with van der Waals surface area (Å²) in [7, 11) is 1.50. The second kappa shape index (κ2) is 8.77. The molecule has 8 heteroatoms. The number of amides is 1. The van der Waals surface area contributed by atoms with Gasteiger partial charge < -0.3 is 19.6 Å². The maximum atomic E-state index is 13.9. The molecule has 0 bridgehead atoms. The summed E-state index contributed by atoms with van der Waals surface area (Å²) in [5, 5.41) is 12.7. The van der Waals surface area contributed by atoms with Gasteiger partial charge in [-0.1, -0.05) is 12.1 Å². The number of aryl methyl sites for hydroxylation is 1. The summed E-state index contributed by atoms with van der Waals surface area (Å²) in [4.78, 5) is 25.1. The van der Waals surface area contributed by atoms with E-state index in [1.54, 1.807) is 24.3 Å². The van der Waals surface area contributed by atoms with Crippen molar-refractivity contribution in [1.29, 1.82) is 0 Å². The lowest BCUT2D eigenvalue weighted by atomic mass is 9.88. The van der Waals surface area contributed by atoms with Crippen LogP contribution >= 0.6 is 0 Å². The highest BCUT2D eigenvalue weighted by atomic mass is 19.1. The lowest BCUT2D eigenvalue weighted by Gasteiger charge is -2.18. The maximum absolute atomic E-state index is 13.9. The number of ether oxygens (including phenoxy) is 1. The summed E-state index contributed by atoms with van der Waals surface area (Å²) >= 11 is 0. The van der Waals surface area contributed by atoms with Crippen molar-refractivity contribution in [2.24, 2.45) is 0 Å². The van der Waals surface area contributed by atoms with E-state index in [0.717, 1.165) is 12.1 Å². The van der Waals surface area contributed by atoms with Gasteiger partial charge in [0.1, 0.15) is 28.9 Å². The number of rotatable bonds is 6. The third-order valence-corrected chi connectivity index (χ3v) is 4.55. The minimum atomic E-state index is -0.929. The van der Waals surface area contributed by atoms with Crippen LogP contribution in [-0.2, 0) is 4.79 Å². The first kappa shape index (κ1) is 21.0. The zero-order valence-corrected chi connectivity index (χ0v) is 16.2. The van der Waals surface area contributed by atoms with Gasteiger partial charge in [-0.3, -0.25) is 4.79 Å². The summed E-state index contributed by atoms with van der Waals surface area (Å²) in [6.45, 7) is 1.51. The average molecular weight is 415 g/mol. The quantitative estimate of drug-likeness (QED) is 0.633. The molecule has 2 N–H and O–H groups in total. The van der Waals surface area contributed by atoms with Gasteiger partial charge in [-0.2, -0.15) is 0 Å². The Balaban J connectivity index is 1.97. The van der Waals surface area contributed by atoms with Crippen molar-refractivity contribution >= 4 is 11.6 Å². The fraction of sp³-hybridized carbons (Fsp3) is 0.182. The molecule has 0 radical (unpaired) electrons. The Morgan fingerprint density at radius 2 is 1.87 bits per heavy atom. The minimum Gasteiger partial charge on any atom is -0.507 e. The Kier molecular flexibility index (Phi) is 6.15. The number of nitrogens with one attached hydrogen (secondary N) is 1. The molecule has 156 valence electrons. The van der Waals surface area contributed by atoms with Crippen molar-refractivity contribution in [3.8, 4) is 11.5 Å². The zero-order chi connectivity index (χ0) is 21.8. The molecule has 1 atom stereocenters. The zero-order valence-electron chi connectivity index (χ0n) is 16.2. The number of benzene rings is 2. The van der Waals surface area contributed by atoms with Crippen LogP contribution in [0.5, 0.6) is 11.5 Å². The van der Waals surface area contributed by atoms with Gasteiger partial charge in [-0.05, 0) is 36.8 Å². The Labute approximate surface area is 170 Å². The van der Waals surface area contributed by atoms with Crippen LogP contribution < -0.4 is 15.7 Å². The monoisotopic (exact) mass is 415 g/mol. The van der Waals surface area contributed by atoms with E-state index in [4.69, 9.17) is 9.15 Å². The maximum Gasteiger partial charge on any atom is 0.343 e. The van der Waals surface area contributed by atoms with Crippen LogP contribution in [-0.4, -0.2) is 18.1 Å². The molecule has 1 aromatic heterocycles. The van der Waals surface area contributed by atoms with Gasteiger partial charge in [0, 0.05) is 24.5 Å². The second-order valence-electron chi connectivity index (χ2n) is 6.65. The molecule has 0 spiro atoms. The second-order valence-corrected chi connectivity index (χ2v) is 6.65. The number of anilines is 1. The molecule has 0 aliphatic rings. The van der Waals surface area contributed by atoms with Crippen molar-refractivity contribution < 1.29 is 27.8 Å². The van der Waals surface area contributed by atoms with E-state index in [1.165, 1.54) is 20.1 Å². The van der Waals surface area contributed by atoms with Gasteiger partial charge in [0.2, 0.25) is 5.91 Å². The summed E-state index contributed by atoms with van der Waals surface area (Å²) < 4.78 is 37.2. The Morgan fingerprint density at radius 3 is 2.47 bits per heavy atom. The van der Waals surface area contributed by atoms with E-state index in [-0.39, 0.29) is 29.2 Å². The van der Waals surface area contributed by atoms with Crippen LogP contribution in [0.2, 0.25) is 0 Å². The van der Waals surface area contributed by atoms with Crippen LogP contribution in [0.25, 0.3) is 0 Å². The van der Waals surface area contributed by atoms with Crippen molar-refractivity contribution in [1.82, 2.24) is 0 Å². The van der Waals surface area contributed by atoms with E-state index < -0.39 is 29.1 Å². The van der Waals surface area contributed by atoms with Gasteiger partial charge in [0.25, 0.3) is 0 Å². The smallest absolute Gasteiger partial charge is 0.343 e. The number of carbonyl (C=O) groups is 1. The normalized spacial score (nSPS) is 11.7. The van der Waals surface area contributed by atoms with Crippen molar-refractivity contribution in [2.75, 3.05) is 12.4 Å². The molecule has 3 rings (SSSR count). The van der Waals surface area contributed by atoms with Gasteiger partial charge in [0.05, 0.1) is 18.4 Å². The molecule has 2 aromatic carbocycles. The SMILES string of the molecule is COc1ccc([C@H](CC(=O)Nc2ccc(F)cc2F)c2c(O)cc(C)oc2=O)cc1. The van der Waals surface area contributed by atoms with Crippen molar-refractivity contribution in [3.05, 3.63) is 87.5 Å². The first-order valence-corrected chi connectivity index (χ1v) is 9.01. The van der Waals surface area contributed by atoms with Gasteiger partial charge in [-0.25, -0.2) is 13.6 Å². The van der Waals surface area contributed by atoms with Crippen molar-refractivity contribution in [2.45, 2.75) is 19.3 Å². The van der Waals surface area contributed by atoms with Crippen LogP contribution in [0.4, 0.5) is 14.5 Å². The molecule has 1 heterocycles. The van der Waals surface area contributed by atoms with Crippen LogP contribution in [0.1, 0.15) is 29.2 Å². The molecule has 1 amide bonds. The highest BCUT2D eigenvalue weighted by Crippen LogP contribution is 2.33. The van der Waals surface area contributed by atoms with E-state index in [9.17, 15) is 23.5 Å². The first-order chi connectivity index (χ1) is 14.3. The molecule has 0 fully saturated rings. The Bertz CT molecular complexity index is 1130. The van der Waals surface area contributed by atoms with E-state index in [2.05, 4.69) is 5.32 Å². The minimum absolute atomic E-state index is 0.0968. The summed E-state index contributed by atoms with van der Waals surface area (Å²) in [5.41, 5.74) is -0.540. The fourth-order valence-corrected chi connectivity index (χ4v) is 3.13. The lowest BCUT2D eigenvalue weighted by Crippen LogP contribution is -2.21. The largest absolute Gasteiger partial charge is 0.507 e. The molecule has 6 nitrogen and oxygen atoms in total. The van der Waals surface area contributed by atoms with E-state index >= 15 is 0 Å². The molecular weight excluding hydrogens is 396 g/mol. The van der Waals surface area contributed by atoms with Crippen LogP contribution in [0, 0.1) is 18.6 Å². The van der Waals surface area contributed by atoms with E-state index in [1.807, 2.05) is 0 Å². The summed E-state index contributed by atoms with van der Waals surface area (Å²) in [5.74, 6) is -2.75. The lowest BCUT2D eigenvalue weighted by molar-refractivity contribution is -0.116. The third-order valence-electron chi connectivity index (χ3n) is 4.55. The molecule has 30 heavy (non-hydrogen) atoms. The average Bonchev–Trinajstić information content (AvgIpc) is 2.69. The third kappa shape index (κ3) is 4.65. The molecular formula is C22H19F2NO5. The predicted molar refractivity (Wildman–Crippen MR) is 106 cm³/mol. The number of hydrogen-bond acceptors (Lipinski definition) is 5. The van der Waals surface area contributed by atoms with E-state index in [0.29, 0.717) is 17.4 Å². The first-order valence-electron chi connectivity index (χ1n) is 9.01. The highest BCUT2D eigenvalue weighted by molar-refractivity contribution is 5.91.